The van der Waals surface area contributed by atoms with Crippen LogP contribution in [0.1, 0.15) is 54.5 Å². The van der Waals surface area contributed by atoms with Crippen molar-refractivity contribution in [2.45, 2.75) is 57.9 Å². The van der Waals surface area contributed by atoms with E-state index >= 15 is 0 Å². The number of hydrogen-bond donors (Lipinski definition) is 3. The predicted molar refractivity (Wildman–Crippen MR) is 124 cm³/mol. The molecule has 11 heteroatoms. The molecule has 1 aromatic carbocycles. The summed E-state index contributed by atoms with van der Waals surface area (Å²) in [7, 11) is -3.72. The van der Waals surface area contributed by atoms with Crippen LogP contribution in [-0.4, -0.2) is 40.4 Å². The molecule has 0 bridgehead atoms. The van der Waals surface area contributed by atoms with E-state index < -0.39 is 21.5 Å². The zero-order valence-electron chi connectivity index (χ0n) is 19.3. The summed E-state index contributed by atoms with van der Waals surface area (Å²) >= 11 is 0. The Balaban J connectivity index is 1.74. The maximum absolute atomic E-state index is 12.6. The molecule has 0 aliphatic rings. The molecule has 10 nitrogen and oxygen atoms in total. The lowest BCUT2D eigenvalue weighted by molar-refractivity contribution is -0.116. The predicted octanol–water partition coefficient (Wildman–Crippen LogP) is 2.09. The van der Waals surface area contributed by atoms with Gasteiger partial charge in [0, 0.05) is 29.0 Å². The number of benzene rings is 1. The fraction of sp³-hybridized carbons (Fsp3) is 0.364. The van der Waals surface area contributed by atoms with E-state index in [2.05, 4.69) is 20.1 Å². The monoisotopic (exact) mass is 472 g/mol. The van der Waals surface area contributed by atoms with Gasteiger partial charge < -0.3 is 11.1 Å². The molecule has 33 heavy (non-hydrogen) atoms. The Morgan fingerprint density at radius 2 is 1.88 bits per heavy atom. The Kier molecular flexibility index (Phi) is 6.57. The topological polar surface area (TPSA) is 149 Å². The number of carbonyl (C=O) groups excluding carboxylic acids is 2. The number of nitrogens with one attached hydrogen (secondary N) is 2. The highest BCUT2D eigenvalue weighted by Gasteiger charge is 2.22. The van der Waals surface area contributed by atoms with E-state index in [4.69, 9.17) is 5.73 Å². The fourth-order valence-electron chi connectivity index (χ4n) is 3.51. The van der Waals surface area contributed by atoms with Gasteiger partial charge in [-0.05, 0) is 64.8 Å². The second-order valence-electron chi connectivity index (χ2n) is 8.85. The molecular weight excluding hydrogens is 444 g/mol. The molecule has 4 N–H and O–H groups in total. The van der Waals surface area contributed by atoms with Crippen molar-refractivity contribution in [3.63, 3.8) is 0 Å². The number of rotatable bonds is 7. The number of carbonyl (C=O) groups is 2. The molecule has 0 saturated heterocycles. The Morgan fingerprint density at radius 1 is 1.18 bits per heavy atom. The van der Waals surface area contributed by atoms with Gasteiger partial charge in [0.2, 0.25) is 15.9 Å². The van der Waals surface area contributed by atoms with Crippen LogP contribution >= 0.6 is 0 Å². The van der Waals surface area contributed by atoms with Crippen LogP contribution in [-0.2, 0) is 21.2 Å². The first-order chi connectivity index (χ1) is 15.3. The maximum atomic E-state index is 12.6. The average Bonchev–Trinajstić information content (AvgIpc) is 3.10. The number of nitrogens with two attached hydrogens (primary N) is 1. The minimum absolute atomic E-state index is 0.0699. The Morgan fingerprint density at radius 3 is 2.52 bits per heavy atom. The van der Waals surface area contributed by atoms with Crippen LogP contribution in [0, 0.1) is 13.8 Å². The Bertz CT molecular complexity index is 1340. The van der Waals surface area contributed by atoms with Crippen LogP contribution in [0.4, 0.5) is 5.69 Å². The van der Waals surface area contributed by atoms with E-state index in [9.17, 15) is 18.0 Å². The zero-order valence-corrected chi connectivity index (χ0v) is 20.1. The van der Waals surface area contributed by atoms with Crippen molar-refractivity contribution in [1.29, 1.82) is 0 Å². The smallest absolute Gasteiger partial charge is 0.254 e. The second-order valence-corrected chi connectivity index (χ2v) is 10.5. The second kappa shape index (κ2) is 8.91. The molecule has 0 aliphatic carbocycles. The maximum Gasteiger partial charge on any atom is 0.254 e. The quantitative estimate of drug-likeness (QED) is 0.479. The molecule has 0 spiro atoms. The van der Waals surface area contributed by atoms with Gasteiger partial charge in [0.15, 0.2) is 5.65 Å². The highest BCUT2D eigenvalue weighted by molar-refractivity contribution is 7.89. The Labute approximate surface area is 192 Å². The molecule has 0 fully saturated rings. The molecule has 0 saturated carbocycles. The number of sulfonamides is 1. The highest BCUT2D eigenvalue weighted by atomic mass is 32.2. The number of anilines is 1. The van der Waals surface area contributed by atoms with Crippen molar-refractivity contribution in [2.24, 2.45) is 5.73 Å². The fourth-order valence-corrected chi connectivity index (χ4v) is 4.98. The number of amides is 2. The van der Waals surface area contributed by atoms with Gasteiger partial charge in [-0.15, -0.1) is 0 Å². The first-order valence-corrected chi connectivity index (χ1v) is 11.8. The summed E-state index contributed by atoms with van der Waals surface area (Å²) in [4.78, 5) is 28.6. The number of aromatic nitrogens is 3. The van der Waals surface area contributed by atoms with Gasteiger partial charge >= 0.3 is 0 Å². The van der Waals surface area contributed by atoms with E-state index in [1.807, 2.05) is 6.92 Å². The molecule has 0 atom stereocenters. The van der Waals surface area contributed by atoms with Crippen molar-refractivity contribution in [3.8, 4) is 0 Å². The largest absolute Gasteiger partial charge is 0.365 e. The summed E-state index contributed by atoms with van der Waals surface area (Å²) in [5.41, 5.74) is 8.03. The third-order valence-electron chi connectivity index (χ3n) is 4.94. The molecular formula is C22H28N6O4S. The minimum Gasteiger partial charge on any atom is -0.365 e. The van der Waals surface area contributed by atoms with Crippen LogP contribution in [0.15, 0.2) is 35.4 Å². The molecule has 3 rings (SSSR count). The third-order valence-corrected chi connectivity index (χ3v) is 6.70. The number of nitrogens with zero attached hydrogens (tertiary/aromatic N) is 3. The number of aryl methyl sites for hydroxylation is 2. The van der Waals surface area contributed by atoms with Crippen molar-refractivity contribution in [2.75, 3.05) is 5.32 Å². The van der Waals surface area contributed by atoms with Crippen molar-refractivity contribution in [3.05, 3.63) is 53.0 Å². The summed E-state index contributed by atoms with van der Waals surface area (Å²) in [5, 5.41) is 6.93. The number of primary amides is 1. The number of fused-ring (bicyclic) bond motifs is 1. The van der Waals surface area contributed by atoms with Crippen LogP contribution in [0.25, 0.3) is 5.65 Å². The highest BCUT2D eigenvalue weighted by Crippen LogP contribution is 2.20. The zero-order chi connectivity index (χ0) is 24.6. The van der Waals surface area contributed by atoms with Crippen LogP contribution in [0.2, 0.25) is 0 Å². The van der Waals surface area contributed by atoms with Crippen LogP contribution < -0.4 is 15.8 Å². The molecule has 0 unspecified atom stereocenters. The third kappa shape index (κ3) is 5.55. The van der Waals surface area contributed by atoms with Gasteiger partial charge in [0.05, 0.1) is 11.1 Å². The molecule has 0 aliphatic heterocycles. The van der Waals surface area contributed by atoms with Gasteiger partial charge in [-0.3, -0.25) is 9.59 Å². The summed E-state index contributed by atoms with van der Waals surface area (Å²) in [6.07, 6.45) is 1.92. The van der Waals surface area contributed by atoms with Crippen molar-refractivity contribution < 1.29 is 18.0 Å². The van der Waals surface area contributed by atoms with Gasteiger partial charge in [0.25, 0.3) is 5.91 Å². The SMILES string of the molecule is Cc1nc2c(C(N)=O)cnn2c(C)c1CCC(=O)Nc1cccc(S(=O)(=O)NC(C)(C)C)c1. The summed E-state index contributed by atoms with van der Waals surface area (Å²) in [6, 6.07) is 6.10. The molecule has 3 aromatic rings. The Hall–Kier alpha value is -3.31. The average molecular weight is 473 g/mol. The lowest BCUT2D eigenvalue weighted by Gasteiger charge is -2.20. The van der Waals surface area contributed by atoms with Crippen LogP contribution in [0.3, 0.4) is 0 Å². The standard InChI is InChI=1S/C22H28N6O4S/c1-13-17(14(2)28-21(25-13)18(12-24-28)20(23)30)9-10-19(29)26-15-7-6-8-16(11-15)33(31,32)27-22(3,4)5/h6-8,11-12,27H,9-10H2,1-5H3,(H2,23,30)(H,26,29). The van der Waals surface area contributed by atoms with E-state index in [0.29, 0.717) is 23.4 Å². The minimum atomic E-state index is -3.72. The lowest BCUT2D eigenvalue weighted by atomic mass is 10.1. The van der Waals surface area contributed by atoms with E-state index in [1.165, 1.54) is 22.8 Å². The van der Waals surface area contributed by atoms with Gasteiger partial charge in [0.1, 0.15) is 5.56 Å². The van der Waals surface area contributed by atoms with E-state index in [0.717, 1.165) is 11.3 Å². The van der Waals surface area contributed by atoms with Gasteiger partial charge in [-0.1, -0.05) is 6.07 Å². The van der Waals surface area contributed by atoms with E-state index in [-0.39, 0.29) is 22.8 Å². The summed E-state index contributed by atoms with van der Waals surface area (Å²) in [6.45, 7) is 8.90. The van der Waals surface area contributed by atoms with Gasteiger partial charge in [-0.2, -0.15) is 5.10 Å². The van der Waals surface area contributed by atoms with Crippen LogP contribution in [0.5, 0.6) is 0 Å². The van der Waals surface area contributed by atoms with Crippen molar-refractivity contribution >= 4 is 33.2 Å². The van der Waals surface area contributed by atoms with Crippen molar-refractivity contribution in [1.82, 2.24) is 19.3 Å². The molecule has 0 radical (unpaired) electrons. The van der Waals surface area contributed by atoms with E-state index in [1.54, 1.807) is 39.8 Å². The number of hydrogen-bond acceptors (Lipinski definition) is 6. The molecule has 2 amide bonds. The van der Waals surface area contributed by atoms with Gasteiger partial charge in [-0.25, -0.2) is 22.6 Å². The summed E-state index contributed by atoms with van der Waals surface area (Å²) in [5.74, 6) is -0.879. The summed E-state index contributed by atoms with van der Waals surface area (Å²) < 4.78 is 29.2. The lowest BCUT2D eigenvalue weighted by Crippen LogP contribution is -2.40. The molecule has 2 aromatic heterocycles. The molecule has 2 heterocycles. The first-order valence-electron chi connectivity index (χ1n) is 10.4. The molecule has 176 valence electrons. The first kappa shape index (κ1) is 24.3. The normalized spacial score (nSPS) is 12.2.